The molecule has 7 heteroatoms. The molecule has 0 unspecified atom stereocenters. The summed E-state index contributed by atoms with van der Waals surface area (Å²) in [6, 6.07) is 1.81. The van der Waals surface area contributed by atoms with Gasteiger partial charge < -0.3 is 10.3 Å². The number of rotatable bonds is 3. The molecule has 16 heavy (non-hydrogen) atoms. The van der Waals surface area contributed by atoms with Gasteiger partial charge in [-0.15, -0.1) is 10.2 Å². The van der Waals surface area contributed by atoms with Crippen molar-refractivity contribution >= 4 is 23.4 Å². The van der Waals surface area contributed by atoms with Crippen molar-refractivity contribution in [1.29, 1.82) is 0 Å². The molecule has 0 aliphatic carbocycles. The zero-order valence-corrected chi connectivity index (χ0v) is 10.2. The maximum Gasteiger partial charge on any atom is 0.197 e. The van der Waals surface area contributed by atoms with Crippen LogP contribution < -0.4 is 5.73 Å². The number of halogens is 1. The van der Waals surface area contributed by atoms with Crippen LogP contribution in [-0.4, -0.2) is 19.7 Å². The van der Waals surface area contributed by atoms with Gasteiger partial charge in [0.25, 0.3) is 0 Å². The Morgan fingerprint density at radius 2 is 2.38 bits per heavy atom. The van der Waals surface area contributed by atoms with E-state index in [2.05, 4.69) is 15.2 Å². The number of nitrogens with zero attached hydrogens (tertiary/aromatic N) is 4. The fourth-order valence-electron chi connectivity index (χ4n) is 1.14. The lowest BCUT2D eigenvalue weighted by Crippen LogP contribution is -1.99. The molecule has 2 heterocycles. The molecule has 0 spiro atoms. The third kappa shape index (κ3) is 2.18. The SMILES string of the molecule is Cn1cnnc1Sc1nccc(CN)c1Cl. The number of pyridine rings is 1. The van der Waals surface area contributed by atoms with Gasteiger partial charge in [0.15, 0.2) is 5.16 Å². The van der Waals surface area contributed by atoms with Crippen LogP contribution in [0.3, 0.4) is 0 Å². The fourth-order valence-corrected chi connectivity index (χ4v) is 2.23. The van der Waals surface area contributed by atoms with Gasteiger partial charge in [-0.3, -0.25) is 0 Å². The predicted octanol–water partition coefficient (Wildman–Crippen LogP) is 1.47. The molecule has 2 aromatic heterocycles. The molecule has 0 aliphatic rings. The second kappa shape index (κ2) is 4.82. The monoisotopic (exact) mass is 255 g/mol. The van der Waals surface area contributed by atoms with E-state index in [1.54, 1.807) is 17.1 Å². The first-order valence-corrected chi connectivity index (χ1v) is 5.77. The van der Waals surface area contributed by atoms with Gasteiger partial charge in [-0.1, -0.05) is 11.6 Å². The molecule has 0 aromatic carbocycles. The Bertz CT molecular complexity index is 498. The summed E-state index contributed by atoms with van der Waals surface area (Å²) < 4.78 is 1.80. The van der Waals surface area contributed by atoms with Gasteiger partial charge in [0, 0.05) is 19.8 Å². The molecular formula is C9H10ClN5S. The first-order chi connectivity index (χ1) is 7.72. The molecule has 0 radical (unpaired) electrons. The van der Waals surface area contributed by atoms with Crippen molar-refractivity contribution in [2.75, 3.05) is 0 Å². The zero-order valence-electron chi connectivity index (χ0n) is 8.59. The second-order valence-corrected chi connectivity index (χ2v) is 4.45. The van der Waals surface area contributed by atoms with E-state index >= 15 is 0 Å². The van der Waals surface area contributed by atoms with Gasteiger partial charge in [0.05, 0.1) is 5.02 Å². The lowest BCUT2D eigenvalue weighted by Gasteiger charge is -2.05. The van der Waals surface area contributed by atoms with E-state index in [-0.39, 0.29) is 0 Å². The van der Waals surface area contributed by atoms with E-state index in [4.69, 9.17) is 17.3 Å². The van der Waals surface area contributed by atoms with Crippen molar-refractivity contribution in [1.82, 2.24) is 19.7 Å². The molecule has 2 N–H and O–H groups in total. The molecule has 5 nitrogen and oxygen atoms in total. The van der Waals surface area contributed by atoms with E-state index in [1.165, 1.54) is 11.8 Å². The largest absolute Gasteiger partial charge is 0.326 e. The highest BCUT2D eigenvalue weighted by Gasteiger charge is 2.11. The van der Waals surface area contributed by atoms with E-state index in [1.807, 2.05) is 13.1 Å². The van der Waals surface area contributed by atoms with E-state index in [0.29, 0.717) is 16.6 Å². The topological polar surface area (TPSA) is 69.6 Å². The van der Waals surface area contributed by atoms with Crippen LogP contribution in [0.4, 0.5) is 0 Å². The van der Waals surface area contributed by atoms with Crippen molar-refractivity contribution < 1.29 is 0 Å². The lowest BCUT2D eigenvalue weighted by molar-refractivity contribution is 0.787. The molecule has 84 valence electrons. The number of hydrogen-bond acceptors (Lipinski definition) is 5. The van der Waals surface area contributed by atoms with Crippen LogP contribution in [0.2, 0.25) is 5.02 Å². The Kier molecular flexibility index (Phi) is 3.42. The Morgan fingerprint density at radius 1 is 1.56 bits per heavy atom. The van der Waals surface area contributed by atoms with Gasteiger partial charge in [-0.2, -0.15) is 0 Å². The normalized spacial score (nSPS) is 10.7. The number of aromatic nitrogens is 4. The van der Waals surface area contributed by atoms with Crippen LogP contribution in [0.5, 0.6) is 0 Å². The summed E-state index contributed by atoms with van der Waals surface area (Å²) in [7, 11) is 1.86. The number of hydrogen-bond donors (Lipinski definition) is 1. The van der Waals surface area contributed by atoms with Gasteiger partial charge in [-0.05, 0) is 23.4 Å². The average molecular weight is 256 g/mol. The second-order valence-electron chi connectivity index (χ2n) is 3.12. The lowest BCUT2D eigenvalue weighted by atomic mass is 10.3. The minimum Gasteiger partial charge on any atom is -0.326 e. The van der Waals surface area contributed by atoms with Gasteiger partial charge >= 0.3 is 0 Å². The van der Waals surface area contributed by atoms with Crippen molar-refractivity contribution in [3.05, 3.63) is 29.2 Å². The smallest absolute Gasteiger partial charge is 0.197 e. The number of nitrogens with two attached hydrogens (primary N) is 1. The van der Waals surface area contributed by atoms with Crippen molar-refractivity contribution in [3.63, 3.8) is 0 Å². The molecule has 0 amide bonds. The standard InChI is InChI=1S/C9H10ClN5S/c1-15-5-13-14-9(15)16-8-7(10)6(4-11)2-3-12-8/h2-3,5H,4,11H2,1H3. The Hall–Kier alpha value is -1.11. The molecular weight excluding hydrogens is 246 g/mol. The van der Waals surface area contributed by atoms with Crippen LogP contribution in [0.25, 0.3) is 0 Å². The summed E-state index contributed by atoms with van der Waals surface area (Å²) in [6.07, 6.45) is 3.32. The third-order valence-electron chi connectivity index (χ3n) is 2.01. The van der Waals surface area contributed by atoms with E-state index in [0.717, 1.165) is 10.7 Å². The summed E-state index contributed by atoms with van der Waals surface area (Å²) in [4.78, 5) is 4.20. The Labute approximate surface area is 102 Å². The highest BCUT2D eigenvalue weighted by Crippen LogP contribution is 2.31. The summed E-state index contributed by atoms with van der Waals surface area (Å²) in [5, 5.41) is 9.76. The highest BCUT2D eigenvalue weighted by molar-refractivity contribution is 7.99. The van der Waals surface area contributed by atoms with Gasteiger partial charge in [-0.25, -0.2) is 4.98 Å². The molecule has 0 bridgehead atoms. The van der Waals surface area contributed by atoms with Crippen molar-refractivity contribution in [2.45, 2.75) is 16.7 Å². The first-order valence-electron chi connectivity index (χ1n) is 4.57. The van der Waals surface area contributed by atoms with Crippen LogP contribution in [-0.2, 0) is 13.6 Å². The molecule has 0 saturated heterocycles. The minimum absolute atomic E-state index is 0.397. The zero-order chi connectivity index (χ0) is 11.5. The molecule has 0 atom stereocenters. The van der Waals surface area contributed by atoms with Gasteiger partial charge in [0.1, 0.15) is 11.4 Å². The fraction of sp³-hybridized carbons (Fsp3) is 0.222. The average Bonchev–Trinajstić information content (AvgIpc) is 2.68. The highest BCUT2D eigenvalue weighted by atomic mass is 35.5. The predicted molar refractivity (Wildman–Crippen MR) is 62.3 cm³/mol. The molecule has 2 aromatic rings. The maximum absolute atomic E-state index is 6.16. The summed E-state index contributed by atoms with van der Waals surface area (Å²) in [6.45, 7) is 0.397. The third-order valence-corrected chi connectivity index (χ3v) is 3.60. The van der Waals surface area contributed by atoms with Crippen LogP contribution in [0, 0.1) is 0 Å². The van der Waals surface area contributed by atoms with Crippen molar-refractivity contribution in [3.8, 4) is 0 Å². The molecule has 0 saturated carbocycles. The molecule has 0 fully saturated rings. The Balaban J connectivity index is 2.32. The number of aryl methyl sites for hydroxylation is 1. The quantitative estimate of drug-likeness (QED) is 0.900. The van der Waals surface area contributed by atoms with Crippen molar-refractivity contribution in [2.24, 2.45) is 12.8 Å². The van der Waals surface area contributed by atoms with E-state index < -0.39 is 0 Å². The minimum atomic E-state index is 0.397. The maximum atomic E-state index is 6.16. The van der Waals surface area contributed by atoms with Crippen LogP contribution in [0.1, 0.15) is 5.56 Å². The molecule has 2 rings (SSSR count). The summed E-state index contributed by atoms with van der Waals surface area (Å²) in [5.41, 5.74) is 6.44. The molecule has 0 aliphatic heterocycles. The Morgan fingerprint density at radius 3 is 3.00 bits per heavy atom. The summed E-state index contributed by atoms with van der Waals surface area (Å²) in [5.74, 6) is 0. The first kappa shape index (κ1) is 11.4. The van der Waals surface area contributed by atoms with Crippen LogP contribution >= 0.6 is 23.4 Å². The van der Waals surface area contributed by atoms with Gasteiger partial charge in [0.2, 0.25) is 0 Å². The summed E-state index contributed by atoms with van der Waals surface area (Å²) >= 11 is 7.53. The van der Waals surface area contributed by atoms with Crippen LogP contribution in [0.15, 0.2) is 28.8 Å². The van der Waals surface area contributed by atoms with E-state index in [9.17, 15) is 0 Å².